The number of benzene rings is 1. The largest absolute Gasteiger partial charge is 0.484 e. The summed E-state index contributed by atoms with van der Waals surface area (Å²) in [5.74, 6) is 1.28. The lowest BCUT2D eigenvalue weighted by Gasteiger charge is -2.37. The minimum absolute atomic E-state index is 0.112. The van der Waals surface area contributed by atoms with E-state index >= 15 is 0 Å². The predicted octanol–water partition coefficient (Wildman–Crippen LogP) is 2.78. The molecule has 1 aromatic carbocycles. The van der Waals surface area contributed by atoms with Crippen molar-refractivity contribution in [3.05, 3.63) is 77.3 Å². The van der Waals surface area contributed by atoms with E-state index in [2.05, 4.69) is 51.6 Å². The van der Waals surface area contributed by atoms with Crippen LogP contribution in [-0.4, -0.2) is 29.6 Å². The van der Waals surface area contributed by atoms with E-state index in [1.807, 2.05) is 12.1 Å². The molecule has 4 aliphatic heterocycles. The normalized spacial score (nSPS) is 20.6. The molecule has 1 fully saturated rings. The van der Waals surface area contributed by atoms with Gasteiger partial charge in [-0.25, -0.2) is 4.98 Å². The Morgan fingerprint density at radius 2 is 2.08 bits per heavy atom. The van der Waals surface area contributed by atoms with Crippen molar-refractivity contribution in [2.24, 2.45) is 0 Å². The zero-order chi connectivity index (χ0) is 16.6. The Morgan fingerprint density at radius 3 is 2.84 bits per heavy atom. The lowest BCUT2D eigenvalue weighted by molar-refractivity contribution is 0.0851. The van der Waals surface area contributed by atoms with E-state index < -0.39 is 0 Å². The number of rotatable bonds is 3. The molecule has 2 bridgehead atoms. The standard InChI is InChI=1S/C20H19N3O2/c1-2-18-20(21-9-1)25-19(13-24-18)15-5-3-14(4-6-15)11-23-12-16-7-8-17(23)10-22-16/h1-9,19,22H,10-13H2/t19-/m1/s1. The number of pyridine rings is 1. The second-order valence-electron chi connectivity index (χ2n) is 6.53. The van der Waals surface area contributed by atoms with E-state index in [4.69, 9.17) is 9.47 Å². The average Bonchev–Trinajstić information content (AvgIpc) is 2.69. The van der Waals surface area contributed by atoms with Gasteiger partial charge in [-0.2, -0.15) is 0 Å². The fourth-order valence-corrected chi connectivity index (χ4v) is 3.44. The number of piperazine rings is 1. The molecule has 6 rings (SSSR count). The van der Waals surface area contributed by atoms with E-state index in [9.17, 15) is 0 Å². The Morgan fingerprint density at radius 1 is 1.16 bits per heavy atom. The van der Waals surface area contributed by atoms with Crippen molar-refractivity contribution >= 4 is 0 Å². The second kappa shape index (κ2) is 5.84. The van der Waals surface area contributed by atoms with Crippen molar-refractivity contribution in [3.63, 3.8) is 0 Å². The SMILES string of the molecule is C1=C2CN(Cc3ccc([C@H]4COc5cccnc5O4)cc3)C(=C1)CN2. The molecule has 126 valence electrons. The Bertz CT molecular complexity index is 857. The fourth-order valence-electron chi connectivity index (χ4n) is 3.44. The number of dihydropyridines is 1. The van der Waals surface area contributed by atoms with E-state index in [0.29, 0.717) is 18.2 Å². The van der Waals surface area contributed by atoms with Gasteiger partial charge in [-0.1, -0.05) is 24.3 Å². The highest BCUT2D eigenvalue weighted by atomic mass is 16.6. The van der Waals surface area contributed by atoms with Gasteiger partial charge in [-0.3, -0.25) is 0 Å². The van der Waals surface area contributed by atoms with Crippen molar-refractivity contribution in [2.45, 2.75) is 12.6 Å². The highest BCUT2D eigenvalue weighted by Crippen LogP contribution is 2.34. The molecule has 2 aromatic rings. The van der Waals surface area contributed by atoms with Crippen LogP contribution in [0.5, 0.6) is 11.6 Å². The summed E-state index contributed by atoms with van der Waals surface area (Å²) in [6, 6.07) is 12.4. The summed E-state index contributed by atoms with van der Waals surface area (Å²) in [5.41, 5.74) is 5.06. The van der Waals surface area contributed by atoms with Crippen LogP contribution in [0.4, 0.5) is 0 Å². The van der Waals surface area contributed by atoms with Gasteiger partial charge >= 0.3 is 0 Å². The maximum atomic E-state index is 5.98. The quantitative estimate of drug-likeness (QED) is 0.936. The summed E-state index contributed by atoms with van der Waals surface area (Å²) >= 11 is 0. The van der Waals surface area contributed by atoms with Crippen LogP contribution in [0.3, 0.4) is 0 Å². The first-order chi connectivity index (χ1) is 12.3. The lowest BCUT2D eigenvalue weighted by Crippen LogP contribution is -2.41. The summed E-state index contributed by atoms with van der Waals surface area (Å²) in [5, 5.41) is 3.41. The molecule has 0 saturated carbocycles. The second-order valence-corrected chi connectivity index (χ2v) is 6.53. The fraction of sp³-hybridized carbons (Fsp3) is 0.250. The van der Waals surface area contributed by atoms with Crippen LogP contribution < -0.4 is 14.8 Å². The Kier molecular flexibility index (Phi) is 3.37. The molecule has 5 nitrogen and oxygen atoms in total. The van der Waals surface area contributed by atoms with Gasteiger partial charge in [0.2, 0.25) is 0 Å². The van der Waals surface area contributed by atoms with Crippen LogP contribution in [0.2, 0.25) is 0 Å². The van der Waals surface area contributed by atoms with Gasteiger partial charge in [-0.05, 0) is 35.4 Å². The summed E-state index contributed by atoms with van der Waals surface area (Å²) in [6.45, 7) is 3.34. The minimum atomic E-state index is -0.112. The zero-order valence-electron chi connectivity index (χ0n) is 13.8. The van der Waals surface area contributed by atoms with Gasteiger partial charge in [0.15, 0.2) is 11.9 Å². The molecule has 1 aromatic heterocycles. The third-order valence-corrected chi connectivity index (χ3v) is 4.85. The average molecular weight is 333 g/mol. The first-order valence-electron chi connectivity index (χ1n) is 8.57. The molecule has 0 radical (unpaired) electrons. The first-order valence-corrected chi connectivity index (χ1v) is 8.57. The Balaban J connectivity index is 1.28. The molecule has 5 heteroatoms. The minimum Gasteiger partial charge on any atom is -0.484 e. The predicted molar refractivity (Wildman–Crippen MR) is 94.1 cm³/mol. The molecule has 0 unspecified atom stereocenters. The number of nitrogens with one attached hydrogen (secondary N) is 1. The van der Waals surface area contributed by atoms with E-state index in [0.717, 1.165) is 25.2 Å². The first kappa shape index (κ1) is 14.4. The number of fused-ring (bicyclic) bond motifs is 4. The maximum Gasteiger partial charge on any atom is 0.257 e. The molecule has 1 N–H and O–H groups in total. The van der Waals surface area contributed by atoms with Gasteiger partial charge in [0.25, 0.3) is 5.88 Å². The maximum absolute atomic E-state index is 5.98. The van der Waals surface area contributed by atoms with Crippen LogP contribution in [-0.2, 0) is 6.54 Å². The van der Waals surface area contributed by atoms with Gasteiger partial charge in [-0.15, -0.1) is 0 Å². The Hall–Kier alpha value is -2.95. The third-order valence-electron chi connectivity index (χ3n) is 4.85. The number of aromatic nitrogens is 1. The van der Waals surface area contributed by atoms with Crippen molar-refractivity contribution in [1.29, 1.82) is 0 Å². The summed E-state index contributed by atoms with van der Waals surface area (Å²) in [6.07, 6.45) is 5.99. The number of nitrogens with zero attached hydrogens (tertiary/aromatic N) is 2. The van der Waals surface area contributed by atoms with E-state index in [1.165, 1.54) is 17.0 Å². The topological polar surface area (TPSA) is 46.6 Å². The van der Waals surface area contributed by atoms with Crippen LogP contribution in [0.15, 0.2) is 66.1 Å². The molecular formula is C20H19N3O2. The van der Waals surface area contributed by atoms with Crippen molar-refractivity contribution < 1.29 is 9.47 Å². The molecule has 1 saturated heterocycles. The van der Waals surface area contributed by atoms with Crippen molar-refractivity contribution in [3.8, 4) is 11.6 Å². The van der Waals surface area contributed by atoms with Crippen LogP contribution in [0.25, 0.3) is 0 Å². The van der Waals surface area contributed by atoms with Gasteiger partial charge < -0.3 is 19.7 Å². The highest BCUT2D eigenvalue weighted by molar-refractivity contribution is 5.36. The highest BCUT2D eigenvalue weighted by Gasteiger charge is 2.24. The molecule has 1 atom stereocenters. The number of ether oxygens (including phenoxy) is 2. The van der Waals surface area contributed by atoms with Crippen LogP contribution >= 0.6 is 0 Å². The monoisotopic (exact) mass is 333 g/mol. The zero-order valence-corrected chi connectivity index (χ0v) is 13.8. The van der Waals surface area contributed by atoms with Crippen molar-refractivity contribution in [2.75, 3.05) is 19.7 Å². The number of allylic oxidation sites excluding steroid dienone is 2. The van der Waals surface area contributed by atoms with Gasteiger partial charge in [0.1, 0.15) is 6.61 Å². The van der Waals surface area contributed by atoms with Gasteiger partial charge in [0, 0.05) is 24.1 Å². The number of hydrogen-bond donors (Lipinski definition) is 1. The van der Waals surface area contributed by atoms with Crippen LogP contribution in [0, 0.1) is 0 Å². The summed E-state index contributed by atoms with van der Waals surface area (Å²) in [7, 11) is 0. The lowest BCUT2D eigenvalue weighted by atomic mass is 10.0. The smallest absolute Gasteiger partial charge is 0.257 e. The van der Waals surface area contributed by atoms with Crippen LogP contribution in [0.1, 0.15) is 17.2 Å². The van der Waals surface area contributed by atoms with E-state index in [-0.39, 0.29) is 6.10 Å². The molecule has 0 spiro atoms. The molecular weight excluding hydrogens is 314 g/mol. The molecule has 4 aliphatic rings. The number of hydrogen-bond acceptors (Lipinski definition) is 5. The summed E-state index contributed by atoms with van der Waals surface area (Å²) in [4.78, 5) is 6.66. The Labute approximate surface area is 146 Å². The molecule has 0 aliphatic carbocycles. The van der Waals surface area contributed by atoms with Gasteiger partial charge in [0.05, 0.1) is 13.1 Å². The molecule has 5 heterocycles. The summed E-state index contributed by atoms with van der Waals surface area (Å²) < 4.78 is 11.7. The van der Waals surface area contributed by atoms with E-state index in [1.54, 1.807) is 6.20 Å². The third kappa shape index (κ3) is 2.71. The molecule has 25 heavy (non-hydrogen) atoms. The molecule has 0 amide bonds. The van der Waals surface area contributed by atoms with Crippen molar-refractivity contribution in [1.82, 2.24) is 15.2 Å².